The summed E-state index contributed by atoms with van der Waals surface area (Å²) in [6.45, 7) is 3.93. The SMILES string of the molecule is Cc1ccnc(OC2CCOC3(C2)CN(C(=O)CC2=CCCCC2)C3)n1. The molecule has 2 aliphatic heterocycles. The van der Waals surface area contributed by atoms with Crippen LogP contribution < -0.4 is 4.74 Å². The van der Waals surface area contributed by atoms with Crippen molar-refractivity contribution in [2.24, 2.45) is 0 Å². The number of hydrogen-bond acceptors (Lipinski definition) is 5. The Labute approximate surface area is 154 Å². The van der Waals surface area contributed by atoms with Crippen LogP contribution in [0.5, 0.6) is 6.01 Å². The fourth-order valence-electron chi connectivity index (χ4n) is 4.13. The predicted octanol–water partition coefficient (Wildman–Crippen LogP) is 2.81. The molecule has 0 aromatic carbocycles. The summed E-state index contributed by atoms with van der Waals surface area (Å²) in [5.74, 6) is 0.234. The van der Waals surface area contributed by atoms with E-state index in [2.05, 4.69) is 16.0 Å². The van der Waals surface area contributed by atoms with Crippen molar-refractivity contribution >= 4 is 5.91 Å². The second kappa shape index (κ2) is 7.35. The van der Waals surface area contributed by atoms with Crippen LogP contribution in [0.4, 0.5) is 0 Å². The number of nitrogens with zero attached hydrogens (tertiary/aromatic N) is 3. The van der Waals surface area contributed by atoms with Crippen molar-refractivity contribution in [2.75, 3.05) is 19.7 Å². The molecule has 1 aromatic heterocycles. The zero-order valence-electron chi connectivity index (χ0n) is 15.4. The summed E-state index contributed by atoms with van der Waals surface area (Å²) in [6, 6.07) is 2.29. The van der Waals surface area contributed by atoms with Crippen molar-refractivity contribution in [3.63, 3.8) is 0 Å². The van der Waals surface area contributed by atoms with Crippen LogP contribution in [0.3, 0.4) is 0 Å². The van der Waals surface area contributed by atoms with Crippen LogP contribution in [0.25, 0.3) is 0 Å². The summed E-state index contributed by atoms with van der Waals surface area (Å²) in [5.41, 5.74) is 1.96. The van der Waals surface area contributed by atoms with Crippen LogP contribution in [0, 0.1) is 6.92 Å². The number of aryl methyl sites for hydroxylation is 1. The number of allylic oxidation sites excluding steroid dienone is 1. The molecule has 6 nitrogen and oxygen atoms in total. The number of amides is 1. The third-order valence-electron chi connectivity index (χ3n) is 5.57. The number of rotatable bonds is 4. The van der Waals surface area contributed by atoms with Gasteiger partial charge in [-0.15, -0.1) is 0 Å². The first-order valence-electron chi connectivity index (χ1n) is 9.68. The molecular weight excluding hydrogens is 330 g/mol. The molecule has 2 fully saturated rings. The number of carbonyl (C=O) groups excluding carboxylic acids is 1. The Kier molecular flexibility index (Phi) is 4.94. The molecule has 3 heterocycles. The van der Waals surface area contributed by atoms with Gasteiger partial charge in [0.1, 0.15) is 11.7 Å². The molecule has 1 atom stereocenters. The molecule has 1 aromatic rings. The lowest BCUT2D eigenvalue weighted by Gasteiger charge is -2.52. The molecule has 6 heteroatoms. The van der Waals surface area contributed by atoms with Gasteiger partial charge in [-0.3, -0.25) is 4.79 Å². The molecule has 1 aliphatic carbocycles. The van der Waals surface area contributed by atoms with E-state index < -0.39 is 0 Å². The Balaban J connectivity index is 1.30. The maximum absolute atomic E-state index is 12.5. The summed E-state index contributed by atoms with van der Waals surface area (Å²) in [5, 5.41) is 0. The first-order valence-corrected chi connectivity index (χ1v) is 9.68. The third-order valence-corrected chi connectivity index (χ3v) is 5.57. The highest BCUT2D eigenvalue weighted by Crippen LogP contribution is 2.36. The van der Waals surface area contributed by atoms with Gasteiger partial charge in [0.25, 0.3) is 0 Å². The van der Waals surface area contributed by atoms with Gasteiger partial charge in [0.05, 0.1) is 19.7 Å². The topological polar surface area (TPSA) is 64.6 Å². The van der Waals surface area contributed by atoms with Crippen molar-refractivity contribution in [1.29, 1.82) is 0 Å². The van der Waals surface area contributed by atoms with Gasteiger partial charge in [-0.25, -0.2) is 9.97 Å². The predicted molar refractivity (Wildman–Crippen MR) is 96.9 cm³/mol. The van der Waals surface area contributed by atoms with E-state index in [9.17, 15) is 4.79 Å². The molecule has 3 aliphatic rings. The summed E-state index contributed by atoms with van der Waals surface area (Å²) in [4.78, 5) is 23.0. The largest absolute Gasteiger partial charge is 0.460 e. The lowest BCUT2D eigenvalue weighted by atomic mass is 9.84. The summed E-state index contributed by atoms with van der Waals surface area (Å²) in [7, 11) is 0. The van der Waals surface area contributed by atoms with Gasteiger partial charge in [0.15, 0.2) is 0 Å². The van der Waals surface area contributed by atoms with Crippen LogP contribution in [-0.4, -0.2) is 52.2 Å². The van der Waals surface area contributed by atoms with E-state index in [-0.39, 0.29) is 17.6 Å². The van der Waals surface area contributed by atoms with Gasteiger partial charge in [-0.05, 0) is 38.7 Å². The Hall–Kier alpha value is -1.95. The first kappa shape index (κ1) is 17.5. The highest BCUT2D eigenvalue weighted by atomic mass is 16.5. The normalized spacial score (nSPS) is 24.7. The van der Waals surface area contributed by atoms with E-state index >= 15 is 0 Å². The molecule has 1 amide bonds. The molecule has 2 saturated heterocycles. The van der Waals surface area contributed by atoms with Crippen molar-refractivity contribution in [2.45, 2.75) is 63.6 Å². The van der Waals surface area contributed by atoms with Crippen LogP contribution >= 0.6 is 0 Å². The summed E-state index contributed by atoms with van der Waals surface area (Å²) in [6.07, 6.45) is 10.9. The van der Waals surface area contributed by atoms with Crippen molar-refractivity contribution in [1.82, 2.24) is 14.9 Å². The standard InChI is InChI=1S/C20H27N3O3/c1-15-7-9-21-19(22-15)26-17-8-10-25-20(12-17)13-23(14-20)18(24)11-16-5-3-2-4-6-16/h5,7,9,17H,2-4,6,8,10-14H2,1H3. The third kappa shape index (κ3) is 3.90. The molecular formula is C20H27N3O3. The van der Waals surface area contributed by atoms with E-state index in [0.717, 1.165) is 31.4 Å². The van der Waals surface area contributed by atoms with Gasteiger partial charge in [0.2, 0.25) is 5.91 Å². The van der Waals surface area contributed by atoms with Crippen LogP contribution in [0.2, 0.25) is 0 Å². The molecule has 0 N–H and O–H groups in total. The number of aromatic nitrogens is 2. The first-order chi connectivity index (χ1) is 12.6. The lowest BCUT2D eigenvalue weighted by Crippen LogP contribution is -2.67. The van der Waals surface area contributed by atoms with Crippen molar-refractivity contribution < 1.29 is 14.3 Å². The van der Waals surface area contributed by atoms with Gasteiger partial charge in [-0.2, -0.15) is 0 Å². The second-order valence-corrected chi connectivity index (χ2v) is 7.78. The minimum Gasteiger partial charge on any atom is -0.460 e. The van der Waals surface area contributed by atoms with Crippen LogP contribution in [-0.2, 0) is 9.53 Å². The van der Waals surface area contributed by atoms with Crippen molar-refractivity contribution in [3.8, 4) is 6.01 Å². The van der Waals surface area contributed by atoms with Crippen molar-refractivity contribution in [3.05, 3.63) is 29.6 Å². The molecule has 0 radical (unpaired) electrons. The van der Waals surface area contributed by atoms with E-state index in [0.29, 0.717) is 32.1 Å². The van der Waals surface area contributed by atoms with E-state index in [1.807, 2.05) is 17.9 Å². The monoisotopic (exact) mass is 357 g/mol. The van der Waals surface area contributed by atoms with Crippen LogP contribution in [0.1, 0.15) is 50.6 Å². The Morgan fingerprint density at radius 3 is 3.08 bits per heavy atom. The van der Waals surface area contributed by atoms with E-state index in [4.69, 9.17) is 9.47 Å². The fourth-order valence-corrected chi connectivity index (χ4v) is 4.13. The maximum Gasteiger partial charge on any atom is 0.316 e. The minimum atomic E-state index is -0.247. The van der Waals surface area contributed by atoms with Gasteiger partial charge in [0, 0.05) is 31.2 Å². The van der Waals surface area contributed by atoms with E-state index in [1.165, 1.54) is 18.4 Å². The number of carbonyl (C=O) groups is 1. The molecule has 140 valence electrons. The number of ether oxygens (including phenoxy) is 2. The second-order valence-electron chi connectivity index (χ2n) is 7.78. The average Bonchev–Trinajstić information content (AvgIpc) is 2.60. The molecule has 4 rings (SSSR count). The zero-order chi connectivity index (χ0) is 18.0. The maximum atomic E-state index is 12.5. The quantitative estimate of drug-likeness (QED) is 0.776. The fraction of sp³-hybridized carbons (Fsp3) is 0.650. The Morgan fingerprint density at radius 1 is 1.42 bits per heavy atom. The lowest BCUT2D eigenvalue weighted by molar-refractivity contribution is -0.193. The average molecular weight is 357 g/mol. The molecule has 0 bridgehead atoms. The Morgan fingerprint density at radius 2 is 2.31 bits per heavy atom. The smallest absolute Gasteiger partial charge is 0.316 e. The molecule has 26 heavy (non-hydrogen) atoms. The van der Waals surface area contributed by atoms with Crippen LogP contribution in [0.15, 0.2) is 23.9 Å². The van der Waals surface area contributed by atoms with E-state index in [1.54, 1.807) is 6.20 Å². The summed E-state index contributed by atoms with van der Waals surface area (Å²) >= 11 is 0. The minimum absolute atomic E-state index is 0.0452. The highest BCUT2D eigenvalue weighted by Gasteiger charge is 2.49. The van der Waals surface area contributed by atoms with Gasteiger partial charge >= 0.3 is 6.01 Å². The van der Waals surface area contributed by atoms with Gasteiger partial charge in [-0.1, -0.05) is 11.6 Å². The van der Waals surface area contributed by atoms with Gasteiger partial charge < -0.3 is 14.4 Å². The molecule has 1 unspecified atom stereocenters. The summed E-state index contributed by atoms with van der Waals surface area (Å²) < 4.78 is 12.0. The molecule has 1 spiro atoms. The molecule has 0 saturated carbocycles. The number of hydrogen-bond donors (Lipinski definition) is 0. The Bertz CT molecular complexity index is 697. The highest BCUT2D eigenvalue weighted by molar-refractivity contribution is 5.80. The number of likely N-dealkylation sites (tertiary alicyclic amines) is 1. The zero-order valence-corrected chi connectivity index (χ0v) is 15.4.